The van der Waals surface area contributed by atoms with Gasteiger partial charge in [0, 0.05) is 44.5 Å². The van der Waals surface area contributed by atoms with E-state index in [1.54, 1.807) is 6.20 Å². The average molecular weight is 358 g/mol. The molecule has 2 N–H and O–H groups in total. The molecule has 0 saturated carbocycles. The highest BCUT2D eigenvalue weighted by Gasteiger charge is 2.26. The van der Waals surface area contributed by atoms with Crippen molar-refractivity contribution in [3.8, 4) is 0 Å². The van der Waals surface area contributed by atoms with Crippen LogP contribution in [0.1, 0.15) is 22.7 Å². The van der Waals surface area contributed by atoms with Crippen molar-refractivity contribution < 1.29 is 0 Å². The Morgan fingerprint density at radius 3 is 1.93 bits per heavy atom. The summed E-state index contributed by atoms with van der Waals surface area (Å²) in [7, 11) is 0. The normalized spacial score (nSPS) is 15.9. The van der Waals surface area contributed by atoms with Crippen LogP contribution in [0.5, 0.6) is 0 Å². The Balaban J connectivity index is 1.48. The second kappa shape index (κ2) is 8.33. The minimum absolute atomic E-state index is 0.304. The van der Waals surface area contributed by atoms with Crippen LogP contribution in [-0.2, 0) is 6.54 Å². The van der Waals surface area contributed by atoms with Gasteiger partial charge in [-0.2, -0.15) is 0 Å². The predicted molar refractivity (Wildman–Crippen MR) is 110 cm³/mol. The van der Waals surface area contributed by atoms with Gasteiger partial charge in [-0.25, -0.2) is 4.98 Å². The molecule has 1 aliphatic heterocycles. The van der Waals surface area contributed by atoms with E-state index in [-0.39, 0.29) is 0 Å². The van der Waals surface area contributed by atoms with Crippen LogP contribution in [-0.4, -0.2) is 41.0 Å². The first-order valence-corrected chi connectivity index (χ1v) is 9.57. The van der Waals surface area contributed by atoms with Gasteiger partial charge in [0.25, 0.3) is 0 Å². The summed E-state index contributed by atoms with van der Waals surface area (Å²) in [6.07, 6.45) is 1.75. The van der Waals surface area contributed by atoms with Crippen molar-refractivity contribution in [2.24, 2.45) is 0 Å². The van der Waals surface area contributed by atoms with Crippen molar-refractivity contribution in [1.82, 2.24) is 14.8 Å². The predicted octanol–water partition coefficient (Wildman–Crippen LogP) is 3.57. The van der Waals surface area contributed by atoms with Gasteiger partial charge in [-0.15, -0.1) is 0 Å². The van der Waals surface area contributed by atoms with Crippen LogP contribution in [0, 0.1) is 0 Å². The molecule has 0 unspecified atom stereocenters. The molecule has 138 valence electrons. The third kappa shape index (κ3) is 4.18. The maximum atomic E-state index is 6.02. The molecule has 1 fully saturated rings. The largest absolute Gasteiger partial charge is 0.383 e. The minimum atomic E-state index is 0.304. The fraction of sp³-hybridized carbons (Fsp3) is 0.261. The van der Waals surface area contributed by atoms with Gasteiger partial charge in [0.05, 0.1) is 6.04 Å². The number of benzene rings is 2. The summed E-state index contributed by atoms with van der Waals surface area (Å²) < 4.78 is 0. The van der Waals surface area contributed by atoms with Crippen molar-refractivity contribution in [3.63, 3.8) is 0 Å². The summed E-state index contributed by atoms with van der Waals surface area (Å²) in [4.78, 5) is 9.27. The van der Waals surface area contributed by atoms with Gasteiger partial charge in [-0.05, 0) is 17.2 Å². The quantitative estimate of drug-likeness (QED) is 0.757. The molecule has 27 heavy (non-hydrogen) atoms. The maximum absolute atomic E-state index is 6.02. The number of nitrogens with two attached hydrogens (primary N) is 1. The lowest BCUT2D eigenvalue weighted by Crippen LogP contribution is -2.47. The van der Waals surface area contributed by atoms with Crippen LogP contribution in [0.4, 0.5) is 5.82 Å². The number of nitrogen functional groups attached to an aromatic ring is 1. The van der Waals surface area contributed by atoms with E-state index in [1.165, 1.54) is 11.1 Å². The van der Waals surface area contributed by atoms with Gasteiger partial charge in [0.1, 0.15) is 5.82 Å². The minimum Gasteiger partial charge on any atom is -0.383 e. The van der Waals surface area contributed by atoms with Gasteiger partial charge >= 0.3 is 0 Å². The number of piperazine rings is 1. The molecule has 0 aliphatic carbocycles. The van der Waals surface area contributed by atoms with Gasteiger partial charge in [0.2, 0.25) is 0 Å². The summed E-state index contributed by atoms with van der Waals surface area (Å²) in [5.41, 5.74) is 9.85. The Bertz CT molecular complexity index is 803. The lowest BCUT2D eigenvalue weighted by atomic mass is 9.96. The summed E-state index contributed by atoms with van der Waals surface area (Å²) in [5.74, 6) is 0.645. The van der Waals surface area contributed by atoms with Crippen molar-refractivity contribution in [2.45, 2.75) is 12.6 Å². The molecule has 0 atom stereocenters. The number of pyridine rings is 1. The van der Waals surface area contributed by atoms with Crippen LogP contribution in [0.3, 0.4) is 0 Å². The summed E-state index contributed by atoms with van der Waals surface area (Å²) in [6, 6.07) is 26.0. The summed E-state index contributed by atoms with van der Waals surface area (Å²) >= 11 is 0. The Hall–Kier alpha value is -2.69. The Kier molecular flexibility index (Phi) is 5.47. The molecule has 4 nitrogen and oxygen atoms in total. The first-order valence-electron chi connectivity index (χ1n) is 9.57. The Morgan fingerprint density at radius 2 is 1.37 bits per heavy atom. The highest BCUT2D eigenvalue weighted by atomic mass is 15.3. The fourth-order valence-corrected chi connectivity index (χ4v) is 3.89. The van der Waals surface area contributed by atoms with Crippen molar-refractivity contribution in [1.29, 1.82) is 0 Å². The smallest absolute Gasteiger partial charge is 0.127 e. The Morgan fingerprint density at radius 1 is 0.778 bits per heavy atom. The first kappa shape index (κ1) is 17.7. The zero-order chi connectivity index (χ0) is 18.5. The van der Waals surface area contributed by atoms with E-state index in [0.29, 0.717) is 11.9 Å². The van der Waals surface area contributed by atoms with E-state index >= 15 is 0 Å². The van der Waals surface area contributed by atoms with E-state index in [1.807, 2.05) is 6.07 Å². The molecule has 4 rings (SSSR count). The van der Waals surface area contributed by atoms with E-state index in [2.05, 4.69) is 81.5 Å². The molecule has 3 aromatic rings. The number of aromatic nitrogens is 1. The van der Waals surface area contributed by atoms with Crippen molar-refractivity contribution in [2.75, 3.05) is 31.9 Å². The highest BCUT2D eigenvalue weighted by molar-refractivity contribution is 5.38. The fourth-order valence-electron chi connectivity index (χ4n) is 3.89. The first-order chi connectivity index (χ1) is 13.3. The topological polar surface area (TPSA) is 45.4 Å². The summed E-state index contributed by atoms with van der Waals surface area (Å²) in [6.45, 7) is 5.01. The standard InChI is InChI=1S/C23H26N4/c24-23-21(12-7-13-25-23)18-26-14-16-27(17-15-26)22(19-8-3-1-4-9-19)20-10-5-2-6-11-20/h1-13,22H,14-18H2,(H2,24,25). The van der Waals surface area contributed by atoms with Gasteiger partial charge in [-0.3, -0.25) is 9.80 Å². The SMILES string of the molecule is Nc1ncccc1CN1CCN(C(c2ccccc2)c2ccccc2)CC1. The summed E-state index contributed by atoms with van der Waals surface area (Å²) in [5, 5.41) is 0. The highest BCUT2D eigenvalue weighted by Crippen LogP contribution is 2.29. The zero-order valence-electron chi connectivity index (χ0n) is 15.5. The number of anilines is 1. The van der Waals surface area contributed by atoms with Crippen molar-refractivity contribution >= 4 is 5.82 Å². The van der Waals surface area contributed by atoms with E-state index < -0.39 is 0 Å². The van der Waals surface area contributed by atoms with Gasteiger partial charge < -0.3 is 5.73 Å². The molecule has 4 heteroatoms. The Labute approximate surface area is 161 Å². The van der Waals surface area contributed by atoms with Crippen LogP contribution in [0.2, 0.25) is 0 Å². The average Bonchev–Trinajstić information content (AvgIpc) is 2.73. The number of nitrogens with zero attached hydrogens (tertiary/aromatic N) is 3. The van der Waals surface area contributed by atoms with Gasteiger partial charge in [-0.1, -0.05) is 66.7 Å². The molecule has 1 aromatic heterocycles. The third-order valence-electron chi connectivity index (χ3n) is 5.32. The lowest BCUT2D eigenvalue weighted by molar-refractivity contribution is 0.105. The van der Waals surface area contributed by atoms with Crippen LogP contribution < -0.4 is 5.73 Å². The molecule has 2 aromatic carbocycles. The van der Waals surface area contributed by atoms with E-state index in [9.17, 15) is 0 Å². The molecule has 2 heterocycles. The lowest BCUT2D eigenvalue weighted by Gasteiger charge is -2.40. The number of rotatable bonds is 5. The maximum Gasteiger partial charge on any atom is 0.127 e. The molecule has 0 amide bonds. The van der Waals surface area contributed by atoms with Crippen LogP contribution in [0.25, 0.3) is 0 Å². The van der Waals surface area contributed by atoms with Crippen LogP contribution in [0.15, 0.2) is 79.0 Å². The zero-order valence-corrected chi connectivity index (χ0v) is 15.5. The molecule has 1 aliphatic rings. The van der Waals surface area contributed by atoms with Crippen molar-refractivity contribution in [3.05, 3.63) is 95.7 Å². The third-order valence-corrected chi connectivity index (χ3v) is 5.32. The molecular weight excluding hydrogens is 332 g/mol. The number of hydrogen-bond acceptors (Lipinski definition) is 4. The van der Waals surface area contributed by atoms with E-state index in [0.717, 1.165) is 38.3 Å². The van der Waals surface area contributed by atoms with Gasteiger partial charge in [0.15, 0.2) is 0 Å². The second-order valence-corrected chi connectivity index (χ2v) is 7.08. The second-order valence-electron chi connectivity index (χ2n) is 7.08. The number of hydrogen-bond donors (Lipinski definition) is 1. The molecular formula is C23H26N4. The van der Waals surface area contributed by atoms with Crippen LogP contribution >= 0.6 is 0 Å². The molecule has 0 radical (unpaired) electrons. The molecule has 0 spiro atoms. The molecule has 0 bridgehead atoms. The van der Waals surface area contributed by atoms with E-state index in [4.69, 9.17) is 5.73 Å². The molecule has 1 saturated heterocycles. The monoisotopic (exact) mass is 358 g/mol.